The molecule has 0 aliphatic carbocycles. The molecular weight excluding hydrogens is 220 g/mol. The maximum Gasteiger partial charge on any atom is 0.151 e. The Balaban J connectivity index is 2.10. The Bertz CT molecular complexity index is 518. The van der Waals surface area contributed by atoms with Gasteiger partial charge >= 0.3 is 0 Å². The number of fused-ring (bicyclic) bond motifs is 1. The van der Waals surface area contributed by atoms with E-state index < -0.39 is 0 Å². The lowest BCUT2D eigenvalue weighted by Crippen LogP contribution is -2.05. The molecule has 1 aromatic carbocycles. The molecule has 4 nitrogen and oxygen atoms in total. The zero-order valence-corrected chi connectivity index (χ0v) is 9.90. The van der Waals surface area contributed by atoms with Crippen LogP contribution >= 0.6 is 11.8 Å². The van der Waals surface area contributed by atoms with Crippen molar-refractivity contribution in [2.45, 2.75) is 13.3 Å². The third kappa shape index (κ3) is 2.55. The third-order valence-electron chi connectivity index (χ3n) is 2.28. The number of aromatic nitrogens is 2. The number of amidine groups is 1. The number of hydrogen-bond acceptors (Lipinski definition) is 3. The highest BCUT2D eigenvalue weighted by Gasteiger charge is 2.03. The van der Waals surface area contributed by atoms with Gasteiger partial charge in [0.1, 0.15) is 5.82 Å². The number of aryl methyl sites for hydroxylation is 2. The largest absolute Gasteiger partial charge is 0.379 e. The first-order chi connectivity index (χ1) is 7.65. The van der Waals surface area contributed by atoms with Crippen molar-refractivity contribution in [3.63, 3.8) is 0 Å². The summed E-state index contributed by atoms with van der Waals surface area (Å²) in [7, 11) is 0. The second-order valence-corrected chi connectivity index (χ2v) is 4.80. The highest BCUT2D eigenvalue weighted by Crippen LogP contribution is 2.14. The van der Waals surface area contributed by atoms with Crippen molar-refractivity contribution in [3.05, 3.63) is 29.6 Å². The first kappa shape index (κ1) is 11.0. The molecule has 0 aliphatic rings. The molecule has 0 unspecified atom stereocenters. The Labute approximate surface area is 98.1 Å². The number of H-pyrrole nitrogens is 1. The van der Waals surface area contributed by atoms with Crippen LogP contribution in [0.5, 0.6) is 0 Å². The van der Waals surface area contributed by atoms with Gasteiger partial charge in [-0.05, 0) is 24.6 Å². The van der Waals surface area contributed by atoms with Crippen molar-refractivity contribution in [2.75, 3.05) is 5.75 Å². The van der Waals surface area contributed by atoms with Gasteiger partial charge in [-0.2, -0.15) is 0 Å². The van der Waals surface area contributed by atoms with E-state index >= 15 is 0 Å². The Morgan fingerprint density at radius 2 is 2.38 bits per heavy atom. The van der Waals surface area contributed by atoms with Crippen molar-refractivity contribution in [1.29, 1.82) is 5.41 Å². The molecule has 2 rings (SSSR count). The number of benzene rings is 1. The maximum absolute atomic E-state index is 7.11. The molecule has 0 saturated heterocycles. The molecule has 0 saturated carbocycles. The van der Waals surface area contributed by atoms with Gasteiger partial charge in [-0.15, -0.1) is 0 Å². The molecule has 1 heterocycles. The van der Waals surface area contributed by atoms with Gasteiger partial charge in [-0.25, -0.2) is 4.98 Å². The number of aromatic amines is 1. The van der Waals surface area contributed by atoms with Crippen LogP contribution in [0.3, 0.4) is 0 Å². The molecule has 0 aliphatic heterocycles. The quantitative estimate of drug-likeness (QED) is 0.561. The van der Waals surface area contributed by atoms with Crippen molar-refractivity contribution in [2.24, 2.45) is 5.73 Å². The fraction of sp³-hybridized carbons (Fsp3) is 0.273. The van der Waals surface area contributed by atoms with Crippen molar-refractivity contribution in [1.82, 2.24) is 9.97 Å². The molecule has 0 bridgehead atoms. The minimum absolute atomic E-state index is 0.159. The van der Waals surface area contributed by atoms with Gasteiger partial charge in [-0.3, -0.25) is 5.41 Å². The van der Waals surface area contributed by atoms with Crippen LogP contribution in [0.4, 0.5) is 0 Å². The molecule has 4 N–H and O–H groups in total. The first-order valence-electron chi connectivity index (χ1n) is 5.07. The van der Waals surface area contributed by atoms with Crippen LogP contribution in [-0.4, -0.2) is 20.9 Å². The minimum Gasteiger partial charge on any atom is -0.379 e. The summed E-state index contributed by atoms with van der Waals surface area (Å²) in [5, 5.41) is 7.27. The van der Waals surface area contributed by atoms with Gasteiger partial charge in [0, 0.05) is 12.2 Å². The molecule has 0 radical (unpaired) electrons. The average molecular weight is 234 g/mol. The summed E-state index contributed by atoms with van der Waals surface area (Å²) in [5.41, 5.74) is 8.56. The van der Waals surface area contributed by atoms with Crippen molar-refractivity contribution in [3.8, 4) is 0 Å². The Morgan fingerprint density at radius 1 is 1.56 bits per heavy atom. The molecule has 1 aromatic heterocycles. The molecule has 0 amide bonds. The fourth-order valence-corrected chi connectivity index (χ4v) is 2.07. The molecule has 2 aromatic rings. The molecule has 0 spiro atoms. The first-order valence-corrected chi connectivity index (χ1v) is 6.06. The maximum atomic E-state index is 7.11. The van der Waals surface area contributed by atoms with Gasteiger partial charge in [-0.1, -0.05) is 17.8 Å². The monoisotopic (exact) mass is 234 g/mol. The minimum atomic E-state index is 0.159. The van der Waals surface area contributed by atoms with Crippen LogP contribution in [0.25, 0.3) is 11.0 Å². The summed E-state index contributed by atoms with van der Waals surface area (Å²) in [6, 6.07) is 6.16. The molecule has 0 atom stereocenters. The molecular formula is C11H14N4S. The van der Waals surface area contributed by atoms with Gasteiger partial charge in [0.15, 0.2) is 5.17 Å². The normalized spacial score (nSPS) is 10.8. The van der Waals surface area contributed by atoms with E-state index in [0.29, 0.717) is 0 Å². The van der Waals surface area contributed by atoms with E-state index in [1.165, 1.54) is 17.3 Å². The van der Waals surface area contributed by atoms with E-state index in [4.69, 9.17) is 11.1 Å². The van der Waals surface area contributed by atoms with Crippen molar-refractivity contribution >= 4 is 28.0 Å². The summed E-state index contributed by atoms with van der Waals surface area (Å²) in [6.45, 7) is 2.06. The second kappa shape index (κ2) is 4.57. The predicted molar refractivity (Wildman–Crippen MR) is 68.9 cm³/mol. The summed E-state index contributed by atoms with van der Waals surface area (Å²) < 4.78 is 0. The lowest BCUT2D eigenvalue weighted by Gasteiger charge is -1.95. The molecule has 5 heteroatoms. The van der Waals surface area contributed by atoms with E-state index in [9.17, 15) is 0 Å². The van der Waals surface area contributed by atoms with Crippen LogP contribution < -0.4 is 5.73 Å². The van der Waals surface area contributed by atoms with Crippen LogP contribution in [-0.2, 0) is 6.42 Å². The molecule has 0 fully saturated rings. The van der Waals surface area contributed by atoms with E-state index in [2.05, 4.69) is 29.0 Å². The average Bonchev–Trinajstić information content (AvgIpc) is 2.58. The number of thioether (sulfide) groups is 1. The van der Waals surface area contributed by atoms with Crippen LogP contribution in [0.15, 0.2) is 18.2 Å². The number of nitrogens with two attached hydrogens (primary N) is 1. The Hall–Kier alpha value is -1.49. The summed E-state index contributed by atoms with van der Waals surface area (Å²) >= 11 is 1.34. The second-order valence-electron chi connectivity index (χ2n) is 3.67. The van der Waals surface area contributed by atoms with Gasteiger partial charge < -0.3 is 10.7 Å². The summed E-state index contributed by atoms with van der Waals surface area (Å²) in [4.78, 5) is 7.74. The lowest BCUT2D eigenvalue weighted by molar-refractivity contribution is 1.01. The Kier molecular flexibility index (Phi) is 3.14. The summed E-state index contributed by atoms with van der Waals surface area (Å²) in [6.07, 6.45) is 0.804. The lowest BCUT2D eigenvalue weighted by atomic mass is 10.2. The van der Waals surface area contributed by atoms with E-state index in [0.717, 1.165) is 29.0 Å². The highest BCUT2D eigenvalue weighted by molar-refractivity contribution is 8.13. The van der Waals surface area contributed by atoms with E-state index in [1.54, 1.807) is 0 Å². The topological polar surface area (TPSA) is 78.6 Å². The number of nitrogens with one attached hydrogen (secondary N) is 2. The van der Waals surface area contributed by atoms with Crippen LogP contribution in [0.1, 0.15) is 11.4 Å². The van der Waals surface area contributed by atoms with Crippen molar-refractivity contribution < 1.29 is 0 Å². The van der Waals surface area contributed by atoms with E-state index in [-0.39, 0.29) is 5.17 Å². The number of rotatable bonds is 3. The zero-order chi connectivity index (χ0) is 11.5. The van der Waals surface area contributed by atoms with E-state index in [1.807, 2.05) is 6.07 Å². The van der Waals surface area contributed by atoms with Gasteiger partial charge in [0.25, 0.3) is 0 Å². The molecule has 84 valence electrons. The van der Waals surface area contributed by atoms with Crippen LogP contribution in [0.2, 0.25) is 0 Å². The standard InChI is InChI=1S/C11H14N4S/c1-7-2-3-8-9(6-7)15-10(14-8)4-5-16-11(12)13/h2-3,6H,4-5H2,1H3,(H3,12,13)(H,14,15). The highest BCUT2D eigenvalue weighted by atomic mass is 32.2. The predicted octanol–water partition coefficient (Wildman–Crippen LogP) is 2.04. The zero-order valence-electron chi connectivity index (χ0n) is 9.08. The van der Waals surface area contributed by atoms with Gasteiger partial charge in [0.05, 0.1) is 11.0 Å². The fourth-order valence-electron chi connectivity index (χ4n) is 1.55. The number of hydrogen-bond donors (Lipinski definition) is 3. The SMILES string of the molecule is Cc1ccc2nc(CCSC(=N)N)[nH]c2c1. The summed E-state index contributed by atoms with van der Waals surface area (Å²) in [5.74, 6) is 1.74. The third-order valence-corrected chi connectivity index (χ3v) is 3.00. The smallest absolute Gasteiger partial charge is 0.151 e. The number of nitrogens with zero attached hydrogens (tertiary/aromatic N) is 1. The Morgan fingerprint density at radius 3 is 3.12 bits per heavy atom. The molecule has 16 heavy (non-hydrogen) atoms. The number of imidazole rings is 1. The van der Waals surface area contributed by atoms with Crippen LogP contribution in [0, 0.1) is 12.3 Å². The van der Waals surface area contributed by atoms with Gasteiger partial charge in [0.2, 0.25) is 0 Å².